The summed E-state index contributed by atoms with van der Waals surface area (Å²) in [5.41, 5.74) is 1.09. The van der Waals surface area contributed by atoms with Gasteiger partial charge in [-0.25, -0.2) is 4.79 Å². The molecule has 7 nitrogen and oxygen atoms in total. The molecule has 0 saturated heterocycles. The van der Waals surface area contributed by atoms with Crippen molar-refractivity contribution in [1.29, 1.82) is 0 Å². The molecule has 0 radical (unpaired) electrons. The maximum atomic E-state index is 12.5. The zero-order valence-electron chi connectivity index (χ0n) is 14.2. The zero-order chi connectivity index (χ0) is 18.6. The highest BCUT2D eigenvalue weighted by molar-refractivity contribution is 8.14. The maximum absolute atomic E-state index is 12.5. The Morgan fingerprint density at radius 2 is 1.88 bits per heavy atom. The van der Waals surface area contributed by atoms with Crippen molar-refractivity contribution in [2.45, 2.75) is 20.8 Å². The second kappa shape index (κ2) is 8.06. The number of pyridine rings is 1. The summed E-state index contributed by atoms with van der Waals surface area (Å²) in [6, 6.07) is 3.42. The first kappa shape index (κ1) is 18.9. The van der Waals surface area contributed by atoms with Gasteiger partial charge < -0.3 is 19.0 Å². The smallest absolute Gasteiger partial charge is 0.344 e. The van der Waals surface area contributed by atoms with Gasteiger partial charge in [0.05, 0.1) is 24.5 Å². The number of rotatable bonds is 6. The van der Waals surface area contributed by atoms with Crippen molar-refractivity contribution in [3.63, 3.8) is 0 Å². The summed E-state index contributed by atoms with van der Waals surface area (Å²) in [5, 5.41) is 9.93. The van der Waals surface area contributed by atoms with Crippen LogP contribution in [0.3, 0.4) is 0 Å². The molecule has 0 amide bonds. The topological polar surface area (TPSA) is 94.3 Å². The number of aromatic nitrogens is 1. The highest BCUT2D eigenvalue weighted by Crippen LogP contribution is 2.33. The first-order chi connectivity index (χ1) is 11.9. The van der Waals surface area contributed by atoms with Gasteiger partial charge >= 0.3 is 11.9 Å². The molecule has 0 unspecified atom stereocenters. The highest BCUT2D eigenvalue weighted by atomic mass is 32.2. The van der Waals surface area contributed by atoms with Crippen LogP contribution in [0.4, 0.5) is 0 Å². The SMILES string of the molecule is CCOC(=O)CSC(=O)c1c(O)c(C(=O)OCC)c2cc(C)ccn12. The van der Waals surface area contributed by atoms with Gasteiger partial charge in [-0.05, 0) is 38.5 Å². The van der Waals surface area contributed by atoms with Crippen molar-refractivity contribution in [3.8, 4) is 5.75 Å². The summed E-state index contributed by atoms with van der Waals surface area (Å²) < 4.78 is 11.2. The lowest BCUT2D eigenvalue weighted by Gasteiger charge is -2.03. The molecular formula is C17H19NO6S. The van der Waals surface area contributed by atoms with Gasteiger partial charge in [-0.3, -0.25) is 9.59 Å². The fourth-order valence-electron chi connectivity index (χ4n) is 2.34. The average molecular weight is 365 g/mol. The number of carbonyl (C=O) groups excluding carboxylic acids is 3. The van der Waals surface area contributed by atoms with E-state index in [1.807, 2.05) is 6.92 Å². The van der Waals surface area contributed by atoms with E-state index in [2.05, 4.69) is 0 Å². The maximum Gasteiger partial charge on any atom is 0.344 e. The lowest BCUT2D eigenvalue weighted by Crippen LogP contribution is -2.10. The Bertz CT molecular complexity index is 826. The van der Waals surface area contributed by atoms with Crippen LogP contribution in [0.25, 0.3) is 5.52 Å². The molecule has 1 N–H and O–H groups in total. The van der Waals surface area contributed by atoms with E-state index in [4.69, 9.17) is 9.47 Å². The molecule has 0 saturated carbocycles. The van der Waals surface area contributed by atoms with Crippen LogP contribution in [-0.2, 0) is 14.3 Å². The van der Waals surface area contributed by atoms with Crippen LogP contribution in [0.2, 0.25) is 0 Å². The van der Waals surface area contributed by atoms with E-state index < -0.39 is 22.8 Å². The summed E-state index contributed by atoms with van der Waals surface area (Å²) in [6.45, 7) is 5.52. The molecule has 2 rings (SSSR count). The molecule has 25 heavy (non-hydrogen) atoms. The predicted molar refractivity (Wildman–Crippen MR) is 93.2 cm³/mol. The van der Waals surface area contributed by atoms with Gasteiger partial charge in [0.1, 0.15) is 11.3 Å². The number of esters is 2. The van der Waals surface area contributed by atoms with E-state index in [1.54, 1.807) is 32.2 Å². The third kappa shape index (κ3) is 3.96. The van der Waals surface area contributed by atoms with Gasteiger partial charge in [0.25, 0.3) is 0 Å². The number of thioether (sulfide) groups is 1. The normalized spacial score (nSPS) is 10.7. The van der Waals surface area contributed by atoms with E-state index in [-0.39, 0.29) is 30.2 Å². The molecule has 2 aromatic rings. The quantitative estimate of drug-likeness (QED) is 0.786. The molecule has 0 fully saturated rings. The first-order valence-electron chi connectivity index (χ1n) is 7.74. The van der Waals surface area contributed by atoms with Gasteiger partial charge in [0.2, 0.25) is 5.12 Å². The second-order valence-corrected chi connectivity index (χ2v) is 6.08. The minimum absolute atomic E-state index is 0.0642. The number of hydrogen-bond donors (Lipinski definition) is 1. The Morgan fingerprint density at radius 1 is 1.20 bits per heavy atom. The van der Waals surface area contributed by atoms with E-state index in [0.29, 0.717) is 17.3 Å². The summed E-state index contributed by atoms with van der Waals surface area (Å²) >= 11 is 0.703. The Labute approximate surface area is 148 Å². The molecule has 2 heterocycles. The largest absolute Gasteiger partial charge is 0.505 e. The number of carbonyl (C=O) groups is 3. The fourth-order valence-corrected chi connectivity index (χ4v) is 3.01. The van der Waals surface area contributed by atoms with Crippen molar-refractivity contribution in [2.75, 3.05) is 19.0 Å². The number of aromatic hydroxyl groups is 1. The van der Waals surface area contributed by atoms with Crippen molar-refractivity contribution in [2.24, 2.45) is 0 Å². The third-order valence-electron chi connectivity index (χ3n) is 3.37. The fraction of sp³-hybridized carbons (Fsp3) is 0.353. The molecule has 134 valence electrons. The minimum Gasteiger partial charge on any atom is -0.505 e. The Hall–Kier alpha value is -2.48. The van der Waals surface area contributed by atoms with Gasteiger partial charge in [-0.15, -0.1) is 0 Å². The molecule has 0 aliphatic carbocycles. The van der Waals surface area contributed by atoms with Crippen LogP contribution in [0.15, 0.2) is 18.3 Å². The van der Waals surface area contributed by atoms with E-state index in [9.17, 15) is 19.5 Å². The number of hydrogen-bond acceptors (Lipinski definition) is 7. The molecule has 0 atom stereocenters. The van der Waals surface area contributed by atoms with Gasteiger partial charge in [-0.1, -0.05) is 11.8 Å². The van der Waals surface area contributed by atoms with Crippen molar-refractivity contribution in [1.82, 2.24) is 4.40 Å². The molecular weight excluding hydrogens is 346 g/mol. The lowest BCUT2D eigenvalue weighted by atomic mass is 10.2. The number of aryl methyl sites for hydroxylation is 1. The second-order valence-electron chi connectivity index (χ2n) is 5.13. The van der Waals surface area contributed by atoms with Crippen LogP contribution < -0.4 is 0 Å². The summed E-state index contributed by atoms with van der Waals surface area (Å²) in [6.07, 6.45) is 1.59. The summed E-state index contributed by atoms with van der Waals surface area (Å²) in [5.74, 6) is -1.87. The number of fused-ring (bicyclic) bond motifs is 1. The van der Waals surface area contributed by atoms with Gasteiger partial charge in [0.15, 0.2) is 5.75 Å². The molecule has 0 aromatic carbocycles. The van der Waals surface area contributed by atoms with Crippen molar-refractivity contribution >= 4 is 34.3 Å². The summed E-state index contributed by atoms with van der Waals surface area (Å²) in [4.78, 5) is 36.1. The van der Waals surface area contributed by atoms with Crippen LogP contribution in [-0.4, -0.2) is 45.5 Å². The zero-order valence-corrected chi connectivity index (χ0v) is 15.0. The Kier molecular flexibility index (Phi) is 6.08. The molecule has 8 heteroatoms. The predicted octanol–water partition coefficient (Wildman–Crippen LogP) is 2.57. The van der Waals surface area contributed by atoms with Crippen molar-refractivity contribution < 1.29 is 29.0 Å². The Balaban J connectivity index is 2.46. The average Bonchev–Trinajstić information content (AvgIpc) is 2.84. The van der Waals surface area contributed by atoms with E-state index in [1.165, 1.54) is 4.40 Å². The highest BCUT2D eigenvalue weighted by Gasteiger charge is 2.28. The Morgan fingerprint density at radius 3 is 2.52 bits per heavy atom. The molecule has 0 aliphatic rings. The van der Waals surface area contributed by atoms with E-state index >= 15 is 0 Å². The monoisotopic (exact) mass is 365 g/mol. The number of ether oxygens (including phenoxy) is 2. The lowest BCUT2D eigenvalue weighted by molar-refractivity contribution is -0.139. The van der Waals surface area contributed by atoms with Crippen molar-refractivity contribution in [3.05, 3.63) is 35.2 Å². The summed E-state index contributed by atoms with van der Waals surface area (Å²) in [7, 11) is 0. The molecule has 0 spiro atoms. The van der Waals surface area contributed by atoms with Crippen LogP contribution in [0, 0.1) is 6.92 Å². The van der Waals surface area contributed by atoms with Crippen LogP contribution in [0.1, 0.15) is 40.3 Å². The van der Waals surface area contributed by atoms with Gasteiger partial charge in [-0.2, -0.15) is 0 Å². The molecule has 0 bridgehead atoms. The van der Waals surface area contributed by atoms with Crippen LogP contribution >= 0.6 is 11.8 Å². The van der Waals surface area contributed by atoms with Gasteiger partial charge in [0, 0.05) is 6.20 Å². The first-order valence-corrected chi connectivity index (χ1v) is 8.72. The van der Waals surface area contributed by atoms with E-state index in [0.717, 1.165) is 5.56 Å². The third-order valence-corrected chi connectivity index (χ3v) is 4.20. The minimum atomic E-state index is -0.711. The molecule has 2 aromatic heterocycles. The van der Waals surface area contributed by atoms with Crippen LogP contribution in [0.5, 0.6) is 5.75 Å². The number of nitrogens with zero attached hydrogens (tertiary/aromatic N) is 1. The molecule has 0 aliphatic heterocycles. The standard InChI is InChI=1S/C17H19NO6S/c1-4-23-12(19)9-25-17(22)14-15(20)13(16(21)24-5-2)11-8-10(3)6-7-18(11)14/h6-8,20H,4-5,9H2,1-3H3.